The van der Waals surface area contributed by atoms with Crippen LogP contribution in [-0.4, -0.2) is 62.4 Å². The summed E-state index contributed by atoms with van der Waals surface area (Å²) in [7, 11) is 0.0477. The van der Waals surface area contributed by atoms with Gasteiger partial charge in [0.1, 0.15) is 10.7 Å². The number of thioether (sulfide) groups is 1. The largest absolute Gasteiger partial charge is 0.308 e. The Morgan fingerprint density at radius 1 is 1.38 bits per heavy atom. The van der Waals surface area contributed by atoms with Gasteiger partial charge in [-0.2, -0.15) is 16.1 Å². The van der Waals surface area contributed by atoms with Crippen LogP contribution in [0.3, 0.4) is 0 Å². The Balaban J connectivity index is 2.36. The fourth-order valence-electron chi connectivity index (χ4n) is 2.47. The van der Waals surface area contributed by atoms with Crippen LogP contribution in [-0.2, 0) is 10.0 Å². The summed E-state index contributed by atoms with van der Waals surface area (Å²) >= 11 is 1.76. The molecule has 7 heteroatoms. The van der Waals surface area contributed by atoms with Gasteiger partial charge in [0.15, 0.2) is 0 Å². The minimum atomic E-state index is -3.79. The van der Waals surface area contributed by atoms with Crippen molar-refractivity contribution in [3.8, 4) is 0 Å². The zero-order valence-corrected chi connectivity index (χ0v) is 14.0. The number of rotatable bonds is 4. The molecule has 1 aromatic rings. The van der Waals surface area contributed by atoms with Crippen molar-refractivity contribution in [3.63, 3.8) is 0 Å². The second-order valence-electron chi connectivity index (χ2n) is 5.39. The third kappa shape index (κ3) is 3.97. The SMILES string of the molecule is CN(C)C[C@@H]1CSCCCN1S(=O)(=O)c1ccccc1F. The lowest BCUT2D eigenvalue weighted by molar-refractivity contribution is 0.270. The summed E-state index contributed by atoms with van der Waals surface area (Å²) in [6.45, 7) is 1.09. The monoisotopic (exact) mass is 332 g/mol. The van der Waals surface area contributed by atoms with E-state index in [1.165, 1.54) is 22.5 Å². The van der Waals surface area contributed by atoms with Crippen molar-refractivity contribution in [2.45, 2.75) is 17.4 Å². The lowest BCUT2D eigenvalue weighted by Crippen LogP contribution is -2.46. The van der Waals surface area contributed by atoms with E-state index in [1.54, 1.807) is 17.8 Å². The van der Waals surface area contributed by atoms with E-state index >= 15 is 0 Å². The van der Waals surface area contributed by atoms with Crippen LogP contribution in [0.1, 0.15) is 6.42 Å². The second-order valence-corrected chi connectivity index (χ2v) is 8.40. The van der Waals surface area contributed by atoms with Gasteiger partial charge in [0.25, 0.3) is 0 Å². The van der Waals surface area contributed by atoms with E-state index < -0.39 is 15.8 Å². The molecule has 21 heavy (non-hydrogen) atoms. The first-order valence-electron chi connectivity index (χ1n) is 6.92. The Bertz CT molecular complexity index is 578. The lowest BCUT2D eigenvalue weighted by Gasteiger charge is -2.30. The summed E-state index contributed by atoms with van der Waals surface area (Å²) in [5.74, 6) is 0.997. The number of halogens is 1. The zero-order valence-electron chi connectivity index (χ0n) is 12.3. The molecular weight excluding hydrogens is 311 g/mol. The van der Waals surface area contributed by atoms with Gasteiger partial charge in [-0.25, -0.2) is 12.8 Å². The number of benzene rings is 1. The number of hydrogen-bond donors (Lipinski definition) is 0. The second kappa shape index (κ2) is 7.09. The third-order valence-electron chi connectivity index (χ3n) is 3.38. The maximum Gasteiger partial charge on any atom is 0.246 e. The van der Waals surface area contributed by atoms with E-state index in [1.807, 2.05) is 19.0 Å². The molecule has 1 aromatic carbocycles. The van der Waals surface area contributed by atoms with Crippen LogP contribution in [0.25, 0.3) is 0 Å². The molecule has 0 aliphatic carbocycles. The van der Waals surface area contributed by atoms with Gasteiger partial charge in [0.2, 0.25) is 10.0 Å². The maximum atomic E-state index is 13.9. The number of hydrogen-bond acceptors (Lipinski definition) is 4. The van der Waals surface area contributed by atoms with Crippen LogP contribution in [0, 0.1) is 5.82 Å². The molecule has 1 aliphatic heterocycles. The van der Waals surface area contributed by atoms with Crippen molar-refractivity contribution in [1.82, 2.24) is 9.21 Å². The molecule has 0 aromatic heterocycles. The highest BCUT2D eigenvalue weighted by Gasteiger charge is 2.34. The molecule has 0 unspecified atom stereocenters. The molecule has 0 bridgehead atoms. The first-order chi connectivity index (χ1) is 9.93. The standard InChI is InChI=1S/C14H21FN2O2S2/c1-16(2)10-12-11-20-9-5-8-17(12)21(18,19)14-7-4-3-6-13(14)15/h3-4,6-7,12H,5,8-11H2,1-2H3/t12-/m1/s1. The lowest BCUT2D eigenvalue weighted by atomic mass is 10.3. The summed E-state index contributed by atoms with van der Waals surface area (Å²) in [5.41, 5.74) is 0. The molecule has 0 saturated carbocycles. The molecular formula is C14H21FN2O2S2. The first-order valence-corrected chi connectivity index (χ1v) is 9.51. The molecule has 1 atom stereocenters. The molecule has 0 N–H and O–H groups in total. The van der Waals surface area contributed by atoms with Crippen molar-refractivity contribution in [1.29, 1.82) is 0 Å². The quantitative estimate of drug-likeness (QED) is 0.844. The van der Waals surface area contributed by atoms with Gasteiger partial charge in [0, 0.05) is 24.9 Å². The van der Waals surface area contributed by atoms with E-state index in [0.29, 0.717) is 13.1 Å². The summed E-state index contributed by atoms with van der Waals surface area (Å²) in [5, 5.41) is 0. The average molecular weight is 332 g/mol. The van der Waals surface area contributed by atoms with Crippen LogP contribution >= 0.6 is 11.8 Å². The van der Waals surface area contributed by atoms with E-state index in [-0.39, 0.29) is 10.9 Å². The number of sulfonamides is 1. The number of likely N-dealkylation sites (N-methyl/N-ethyl adjacent to an activating group) is 1. The summed E-state index contributed by atoms with van der Waals surface area (Å²) < 4.78 is 41.0. The zero-order chi connectivity index (χ0) is 15.5. The molecule has 0 amide bonds. The molecule has 1 saturated heterocycles. The summed E-state index contributed by atoms with van der Waals surface area (Å²) in [6, 6.07) is 5.47. The van der Waals surface area contributed by atoms with E-state index in [4.69, 9.17) is 0 Å². The fraction of sp³-hybridized carbons (Fsp3) is 0.571. The molecule has 4 nitrogen and oxygen atoms in total. The normalized spacial score (nSPS) is 21.4. The van der Waals surface area contributed by atoms with E-state index in [0.717, 1.165) is 17.9 Å². The minimum Gasteiger partial charge on any atom is -0.308 e. The van der Waals surface area contributed by atoms with Gasteiger partial charge in [-0.05, 0) is 38.4 Å². The Morgan fingerprint density at radius 3 is 2.76 bits per heavy atom. The number of nitrogens with zero attached hydrogens (tertiary/aromatic N) is 2. The minimum absolute atomic E-state index is 0.128. The molecule has 1 aliphatic rings. The van der Waals surface area contributed by atoms with Gasteiger partial charge in [-0.3, -0.25) is 0 Å². The highest BCUT2D eigenvalue weighted by Crippen LogP contribution is 2.26. The predicted molar refractivity (Wildman–Crippen MR) is 84.6 cm³/mol. The van der Waals surface area contributed by atoms with Gasteiger partial charge < -0.3 is 4.90 Å². The van der Waals surface area contributed by atoms with Crippen LogP contribution in [0.4, 0.5) is 4.39 Å². The van der Waals surface area contributed by atoms with E-state index in [2.05, 4.69) is 0 Å². The van der Waals surface area contributed by atoms with Crippen molar-refractivity contribution in [2.75, 3.05) is 38.7 Å². The van der Waals surface area contributed by atoms with Gasteiger partial charge in [0.05, 0.1) is 0 Å². The topological polar surface area (TPSA) is 40.6 Å². The van der Waals surface area contributed by atoms with E-state index in [9.17, 15) is 12.8 Å². The van der Waals surface area contributed by atoms with Gasteiger partial charge >= 0.3 is 0 Å². The van der Waals surface area contributed by atoms with Gasteiger partial charge in [-0.1, -0.05) is 12.1 Å². The van der Waals surface area contributed by atoms with Crippen molar-refractivity contribution in [3.05, 3.63) is 30.1 Å². The molecule has 1 heterocycles. The van der Waals surface area contributed by atoms with Crippen LogP contribution in [0.5, 0.6) is 0 Å². The van der Waals surface area contributed by atoms with Crippen molar-refractivity contribution in [2.24, 2.45) is 0 Å². The molecule has 1 fully saturated rings. The van der Waals surface area contributed by atoms with Crippen molar-refractivity contribution < 1.29 is 12.8 Å². The summed E-state index contributed by atoms with van der Waals surface area (Å²) in [6.07, 6.45) is 0.794. The van der Waals surface area contributed by atoms with Crippen LogP contribution < -0.4 is 0 Å². The molecule has 0 radical (unpaired) electrons. The van der Waals surface area contributed by atoms with Crippen LogP contribution in [0.2, 0.25) is 0 Å². The fourth-order valence-corrected chi connectivity index (χ4v) is 5.34. The van der Waals surface area contributed by atoms with Crippen molar-refractivity contribution >= 4 is 21.8 Å². The van der Waals surface area contributed by atoms with Crippen LogP contribution in [0.15, 0.2) is 29.2 Å². The van der Waals surface area contributed by atoms with Gasteiger partial charge in [-0.15, -0.1) is 0 Å². The molecule has 2 rings (SSSR count). The molecule has 0 spiro atoms. The Labute approximate surface area is 130 Å². The predicted octanol–water partition coefficient (Wildman–Crippen LogP) is 1.88. The average Bonchev–Trinajstić information content (AvgIpc) is 2.64. The Hall–Kier alpha value is -0.630. The smallest absolute Gasteiger partial charge is 0.246 e. The Morgan fingerprint density at radius 2 is 2.10 bits per heavy atom. The Kier molecular flexibility index (Phi) is 5.65. The highest BCUT2D eigenvalue weighted by atomic mass is 32.2. The highest BCUT2D eigenvalue weighted by molar-refractivity contribution is 7.99. The first kappa shape index (κ1) is 16.7. The maximum absolute atomic E-state index is 13.9. The third-order valence-corrected chi connectivity index (χ3v) is 6.57. The molecule has 118 valence electrons. The summed E-state index contributed by atoms with van der Waals surface area (Å²) in [4.78, 5) is 1.75.